The molecule has 0 aliphatic heterocycles. The quantitative estimate of drug-likeness (QED) is 0.0941. The van der Waals surface area contributed by atoms with E-state index in [-0.39, 0.29) is 9.29 Å². The Morgan fingerprint density at radius 2 is 0.567 bits per heavy atom. The zero-order valence-corrected chi connectivity index (χ0v) is 21.3. The minimum atomic E-state index is -0.0808. The predicted octanol–water partition coefficient (Wildman–Crippen LogP) is 7.94. The molecule has 0 amide bonds. The highest BCUT2D eigenvalue weighted by atomic mass is 16.5. The van der Waals surface area contributed by atoms with E-state index in [1.807, 2.05) is 14.1 Å². The highest BCUT2D eigenvalue weighted by molar-refractivity contribution is 4.50. The lowest BCUT2D eigenvalue weighted by Gasteiger charge is -2.39. The van der Waals surface area contributed by atoms with Crippen molar-refractivity contribution in [1.29, 1.82) is 0 Å². The Morgan fingerprint density at radius 1 is 0.367 bits per heavy atom. The van der Waals surface area contributed by atoms with Crippen LogP contribution in [0.2, 0.25) is 0 Å². The van der Waals surface area contributed by atoms with Crippen LogP contribution in [0.25, 0.3) is 0 Å². The standard InChI is InChI=1S/C26H56N2O2/c1-5-7-9-11-13-15-19-23-27(3,29)25-21-17-18-22-26-28(4,30)24-20-16-14-12-10-8-6-2/h5-26H2,1-4H3. The Hall–Kier alpha value is -0.160. The molecule has 0 fully saturated rings. The Morgan fingerprint density at radius 3 is 0.800 bits per heavy atom. The molecule has 182 valence electrons. The molecular weight excluding hydrogens is 372 g/mol. The van der Waals surface area contributed by atoms with Gasteiger partial charge in [-0.15, -0.1) is 0 Å². The van der Waals surface area contributed by atoms with E-state index in [9.17, 15) is 10.4 Å². The van der Waals surface area contributed by atoms with Crippen LogP contribution in [0.15, 0.2) is 0 Å². The molecule has 30 heavy (non-hydrogen) atoms. The molecule has 0 aliphatic rings. The molecule has 4 nitrogen and oxygen atoms in total. The second kappa shape index (κ2) is 19.5. The first-order valence-corrected chi connectivity index (χ1v) is 13.4. The maximum atomic E-state index is 12.5. The molecule has 0 aromatic rings. The SMILES string of the molecule is CCCCCCCCC[N+](C)([O-])CCCCCC[N+](C)([O-])CCCCCCCCC. The number of nitrogens with zero attached hydrogens (tertiary/aromatic N) is 2. The fourth-order valence-electron chi connectivity index (χ4n) is 4.28. The van der Waals surface area contributed by atoms with Crippen LogP contribution in [0.3, 0.4) is 0 Å². The summed E-state index contributed by atoms with van der Waals surface area (Å²) < 4.78 is -0.162. The van der Waals surface area contributed by atoms with Crippen LogP contribution in [0.1, 0.15) is 129 Å². The van der Waals surface area contributed by atoms with Crippen LogP contribution in [0.5, 0.6) is 0 Å². The second-order valence-corrected chi connectivity index (χ2v) is 10.1. The van der Waals surface area contributed by atoms with Gasteiger partial charge in [-0.1, -0.05) is 78.1 Å². The third kappa shape index (κ3) is 21.1. The predicted molar refractivity (Wildman–Crippen MR) is 133 cm³/mol. The van der Waals surface area contributed by atoms with Gasteiger partial charge in [-0.25, -0.2) is 0 Å². The van der Waals surface area contributed by atoms with Gasteiger partial charge < -0.3 is 19.7 Å². The molecule has 0 rings (SSSR count). The summed E-state index contributed by atoms with van der Waals surface area (Å²) in [5.41, 5.74) is 0. The molecule has 2 unspecified atom stereocenters. The third-order valence-corrected chi connectivity index (χ3v) is 6.48. The molecule has 0 aromatic carbocycles. The van der Waals surface area contributed by atoms with E-state index in [1.54, 1.807) is 0 Å². The Bertz CT molecular complexity index is 325. The normalized spacial score (nSPS) is 15.8. The average Bonchev–Trinajstić information content (AvgIpc) is 2.69. The minimum Gasteiger partial charge on any atom is -0.633 e. The molecule has 0 bridgehead atoms. The minimum absolute atomic E-state index is 0.0808. The fraction of sp³-hybridized carbons (Fsp3) is 1.00. The first-order valence-electron chi connectivity index (χ1n) is 13.4. The number of quaternary nitrogens is 2. The lowest BCUT2D eigenvalue weighted by atomic mass is 10.1. The van der Waals surface area contributed by atoms with Gasteiger partial charge in [0.25, 0.3) is 0 Å². The summed E-state index contributed by atoms with van der Waals surface area (Å²) in [6, 6.07) is 0. The average molecular weight is 429 g/mol. The fourth-order valence-corrected chi connectivity index (χ4v) is 4.28. The van der Waals surface area contributed by atoms with Crippen molar-refractivity contribution in [2.75, 3.05) is 40.3 Å². The summed E-state index contributed by atoms with van der Waals surface area (Å²) in [6.45, 7) is 7.49. The van der Waals surface area contributed by atoms with Crippen molar-refractivity contribution < 1.29 is 9.29 Å². The van der Waals surface area contributed by atoms with E-state index in [2.05, 4.69) is 13.8 Å². The summed E-state index contributed by atoms with van der Waals surface area (Å²) in [4.78, 5) is 0. The lowest BCUT2D eigenvalue weighted by molar-refractivity contribution is -0.862. The summed E-state index contributed by atoms with van der Waals surface area (Å²) >= 11 is 0. The second-order valence-electron chi connectivity index (χ2n) is 10.1. The number of unbranched alkanes of at least 4 members (excludes halogenated alkanes) is 15. The number of hydrogen-bond donors (Lipinski definition) is 0. The number of rotatable bonds is 23. The largest absolute Gasteiger partial charge is 0.633 e. The van der Waals surface area contributed by atoms with Gasteiger partial charge in [-0.3, -0.25) is 0 Å². The van der Waals surface area contributed by atoms with Gasteiger partial charge in [0.05, 0.1) is 40.3 Å². The van der Waals surface area contributed by atoms with Crippen LogP contribution in [0.4, 0.5) is 0 Å². The van der Waals surface area contributed by atoms with Gasteiger partial charge in [0.2, 0.25) is 0 Å². The summed E-state index contributed by atoms with van der Waals surface area (Å²) in [6.07, 6.45) is 21.9. The maximum Gasteiger partial charge on any atom is 0.0781 e. The van der Waals surface area contributed by atoms with Crippen LogP contribution >= 0.6 is 0 Å². The van der Waals surface area contributed by atoms with Crippen molar-refractivity contribution in [3.05, 3.63) is 10.4 Å². The molecule has 4 heteroatoms. The van der Waals surface area contributed by atoms with Crippen LogP contribution in [-0.4, -0.2) is 49.6 Å². The van der Waals surface area contributed by atoms with Gasteiger partial charge in [0.1, 0.15) is 0 Å². The first-order chi connectivity index (χ1) is 14.3. The Balaban J connectivity index is 3.57. The Kier molecular flexibility index (Phi) is 19.4. The number of hydrogen-bond acceptors (Lipinski definition) is 2. The summed E-state index contributed by atoms with van der Waals surface area (Å²) in [7, 11) is 3.68. The smallest absolute Gasteiger partial charge is 0.0781 e. The van der Waals surface area contributed by atoms with E-state index in [1.165, 1.54) is 77.0 Å². The van der Waals surface area contributed by atoms with Gasteiger partial charge in [-0.05, 0) is 51.4 Å². The van der Waals surface area contributed by atoms with E-state index >= 15 is 0 Å². The maximum absolute atomic E-state index is 12.5. The first kappa shape index (κ1) is 29.8. The molecule has 0 saturated heterocycles. The van der Waals surface area contributed by atoms with Gasteiger partial charge >= 0.3 is 0 Å². The molecule has 0 N–H and O–H groups in total. The van der Waals surface area contributed by atoms with Gasteiger partial charge in [0.15, 0.2) is 0 Å². The van der Waals surface area contributed by atoms with Crippen LogP contribution < -0.4 is 0 Å². The molecule has 0 saturated carbocycles. The van der Waals surface area contributed by atoms with Crippen molar-refractivity contribution in [1.82, 2.24) is 0 Å². The molecular formula is C26H56N2O2. The van der Waals surface area contributed by atoms with Crippen molar-refractivity contribution >= 4 is 0 Å². The highest BCUT2D eigenvalue weighted by Gasteiger charge is 2.11. The monoisotopic (exact) mass is 428 g/mol. The van der Waals surface area contributed by atoms with Gasteiger partial charge in [-0.2, -0.15) is 0 Å². The zero-order chi connectivity index (χ0) is 22.6. The van der Waals surface area contributed by atoms with E-state index < -0.39 is 0 Å². The lowest BCUT2D eigenvalue weighted by Crippen LogP contribution is -2.39. The van der Waals surface area contributed by atoms with E-state index in [4.69, 9.17) is 0 Å². The van der Waals surface area contributed by atoms with Crippen molar-refractivity contribution in [3.8, 4) is 0 Å². The third-order valence-electron chi connectivity index (χ3n) is 6.48. The summed E-state index contributed by atoms with van der Waals surface area (Å²) in [5.74, 6) is 0. The highest BCUT2D eigenvalue weighted by Crippen LogP contribution is 2.14. The molecule has 0 radical (unpaired) electrons. The number of hydroxylamine groups is 6. The topological polar surface area (TPSA) is 46.1 Å². The molecule has 0 heterocycles. The van der Waals surface area contributed by atoms with Crippen LogP contribution in [-0.2, 0) is 0 Å². The van der Waals surface area contributed by atoms with E-state index in [0.29, 0.717) is 0 Å². The van der Waals surface area contributed by atoms with Gasteiger partial charge in [0, 0.05) is 0 Å². The zero-order valence-electron chi connectivity index (χ0n) is 21.3. The van der Waals surface area contributed by atoms with Crippen molar-refractivity contribution in [3.63, 3.8) is 0 Å². The van der Waals surface area contributed by atoms with E-state index in [0.717, 1.165) is 64.7 Å². The van der Waals surface area contributed by atoms with Crippen molar-refractivity contribution in [2.24, 2.45) is 0 Å². The van der Waals surface area contributed by atoms with Crippen molar-refractivity contribution in [2.45, 2.75) is 129 Å². The summed E-state index contributed by atoms with van der Waals surface area (Å²) in [5, 5.41) is 25.1. The molecule has 0 aromatic heterocycles. The molecule has 0 aliphatic carbocycles. The van der Waals surface area contributed by atoms with Crippen LogP contribution in [0, 0.1) is 10.4 Å². The molecule has 2 atom stereocenters. The Labute approximate surface area is 189 Å². The molecule has 0 spiro atoms.